The molecule has 1 aliphatic heterocycles. The van der Waals surface area contributed by atoms with E-state index in [1.807, 2.05) is 0 Å². The second kappa shape index (κ2) is 7.04. The zero-order chi connectivity index (χ0) is 16.3. The average molecular weight is 344 g/mol. The van der Waals surface area contributed by atoms with Gasteiger partial charge in [-0.1, -0.05) is 17.7 Å². The Balaban J connectivity index is 2.63. The molecule has 0 radical (unpaired) electrons. The summed E-state index contributed by atoms with van der Waals surface area (Å²) in [7, 11) is 2.45. The molecule has 1 aliphatic rings. The van der Waals surface area contributed by atoms with Gasteiger partial charge in [0.2, 0.25) is 0 Å². The second-order valence-corrected chi connectivity index (χ2v) is 5.21. The molecule has 0 bridgehead atoms. The number of hydrogen-bond acceptors (Lipinski definition) is 7. The molecule has 0 saturated carbocycles. The Morgan fingerprint density at radius 1 is 1.27 bits per heavy atom. The third kappa shape index (κ3) is 3.06. The van der Waals surface area contributed by atoms with Gasteiger partial charge in [0.15, 0.2) is 0 Å². The monoisotopic (exact) mass is 343 g/mol. The van der Waals surface area contributed by atoms with Crippen LogP contribution in [0.25, 0.3) is 0 Å². The minimum Gasteiger partial charge on any atom is -0.466 e. The number of thiol groups is 1. The summed E-state index contributed by atoms with van der Waals surface area (Å²) in [5.74, 6) is -1.35. The van der Waals surface area contributed by atoms with Crippen LogP contribution >= 0.6 is 24.2 Å². The lowest BCUT2D eigenvalue weighted by atomic mass is 10.1. The highest BCUT2D eigenvalue weighted by Crippen LogP contribution is 2.36. The van der Waals surface area contributed by atoms with E-state index in [-0.39, 0.29) is 24.6 Å². The van der Waals surface area contributed by atoms with Gasteiger partial charge in [-0.05, 0) is 12.1 Å². The van der Waals surface area contributed by atoms with E-state index >= 15 is 0 Å². The van der Waals surface area contributed by atoms with E-state index in [0.29, 0.717) is 15.6 Å². The SMILES string of the molecule is COC(=O)C1=C(C(=O)OC)N(c2c(S)cccc2Cl)COC1. The highest BCUT2D eigenvalue weighted by atomic mass is 35.5. The molecule has 0 unspecified atom stereocenters. The van der Waals surface area contributed by atoms with E-state index in [9.17, 15) is 9.59 Å². The maximum atomic E-state index is 12.2. The first kappa shape index (κ1) is 16.7. The number of methoxy groups -OCH3 is 2. The maximum Gasteiger partial charge on any atom is 0.355 e. The van der Waals surface area contributed by atoms with Crippen molar-refractivity contribution in [2.45, 2.75) is 4.90 Å². The van der Waals surface area contributed by atoms with Crippen molar-refractivity contribution in [2.24, 2.45) is 0 Å². The van der Waals surface area contributed by atoms with E-state index in [2.05, 4.69) is 12.6 Å². The van der Waals surface area contributed by atoms with Crippen LogP contribution < -0.4 is 4.90 Å². The van der Waals surface area contributed by atoms with E-state index < -0.39 is 11.9 Å². The lowest BCUT2D eigenvalue weighted by Gasteiger charge is -2.32. The highest BCUT2D eigenvalue weighted by Gasteiger charge is 2.33. The fourth-order valence-electron chi connectivity index (χ4n) is 2.09. The number of carbonyl (C=O) groups excluding carboxylic acids is 2. The van der Waals surface area contributed by atoms with Gasteiger partial charge in [-0.2, -0.15) is 0 Å². The molecule has 118 valence electrons. The van der Waals surface area contributed by atoms with Gasteiger partial charge >= 0.3 is 11.9 Å². The Bertz CT molecular complexity index is 626. The van der Waals surface area contributed by atoms with E-state index in [4.69, 9.17) is 25.8 Å². The predicted octanol–water partition coefficient (Wildman–Crippen LogP) is 2.02. The van der Waals surface area contributed by atoms with Gasteiger partial charge in [-0.25, -0.2) is 9.59 Å². The fourth-order valence-corrected chi connectivity index (χ4v) is 2.76. The number of hydrogen-bond donors (Lipinski definition) is 1. The number of anilines is 1. The first-order chi connectivity index (χ1) is 10.5. The van der Waals surface area contributed by atoms with Crippen molar-refractivity contribution in [3.8, 4) is 0 Å². The lowest BCUT2D eigenvalue weighted by molar-refractivity contribution is -0.140. The standard InChI is InChI=1S/C14H14ClNO5S/c1-19-13(17)8-6-21-7-16(11(8)14(18)20-2)12-9(15)4-3-5-10(12)22/h3-5,22H,6-7H2,1-2H3. The Morgan fingerprint density at radius 2 is 1.95 bits per heavy atom. The number of para-hydroxylation sites is 1. The number of esters is 2. The normalized spacial score (nSPS) is 14.8. The lowest BCUT2D eigenvalue weighted by Crippen LogP contribution is -2.39. The van der Waals surface area contributed by atoms with Crippen molar-refractivity contribution in [3.63, 3.8) is 0 Å². The van der Waals surface area contributed by atoms with Gasteiger partial charge in [-0.15, -0.1) is 12.6 Å². The van der Waals surface area contributed by atoms with Crippen LogP contribution in [0, 0.1) is 0 Å². The summed E-state index contributed by atoms with van der Waals surface area (Å²) in [6.45, 7) is -0.0256. The number of halogens is 1. The molecule has 8 heteroatoms. The van der Waals surface area contributed by atoms with E-state index in [0.717, 1.165) is 0 Å². The second-order valence-electron chi connectivity index (χ2n) is 4.32. The summed E-state index contributed by atoms with van der Waals surface area (Å²) in [6, 6.07) is 5.09. The van der Waals surface area contributed by atoms with Crippen LogP contribution in [0.2, 0.25) is 5.02 Å². The topological polar surface area (TPSA) is 65.1 Å². The summed E-state index contributed by atoms with van der Waals surface area (Å²) in [5.41, 5.74) is 0.547. The van der Waals surface area contributed by atoms with Gasteiger partial charge in [0.25, 0.3) is 0 Å². The quantitative estimate of drug-likeness (QED) is 0.669. The van der Waals surface area contributed by atoms with Gasteiger partial charge < -0.3 is 19.1 Å². The highest BCUT2D eigenvalue weighted by molar-refractivity contribution is 7.80. The van der Waals surface area contributed by atoms with Crippen molar-refractivity contribution in [1.82, 2.24) is 0 Å². The summed E-state index contributed by atoms with van der Waals surface area (Å²) < 4.78 is 14.8. The molecule has 0 fully saturated rings. The van der Waals surface area contributed by atoms with Crippen LogP contribution in [0.4, 0.5) is 5.69 Å². The van der Waals surface area contributed by atoms with Gasteiger partial charge in [-0.3, -0.25) is 0 Å². The molecular formula is C14H14ClNO5S. The number of nitrogens with zero attached hydrogens (tertiary/aromatic N) is 1. The largest absolute Gasteiger partial charge is 0.466 e. The van der Waals surface area contributed by atoms with Crippen molar-refractivity contribution in [1.29, 1.82) is 0 Å². The molecule has 1 heterocycles. The molecular weight excluding hydrogens is 330 g/mol. The molecule has 6 nitrogen and oxygen atoms in total. The first-order valence-electron chi connectivity index (χ1n) is 6.23. The van der Waals surface area contributed by atoms with Crippen molar-refractivity contribution in [3.05, 3.63) is 34.5 Å². The minimum atomic E-state index is -0.684. The van der Waals surface area contributed by atoms with E-state index in [1.165, 1.54) is 19.1 Å². The summed E-state index contributed by atoms with van der Waals surface area (Å²) >= 11 is 10.5. The van der Waals surface area contributed by atoms with Crippen molar-refractivity contribution >= 4 is 41.9 Å². The number of rotatable bonds is 3. The van der Waals surface area contributed by atoms with Crippen LogP contribution in [0.3, 0.4) is 0 Å². The summed E-state index contributed by atoms with van der Waals surface area (Å²) in [5, 5.41) is 0.364. The predicted molar refractivity (Wildman–Crippen MR) is 83.1 cm³/mol. The molecule has 0 atom stereocenters. The molecule has 0 aromatic heterocycles. The Labute approximate surface area is 138 Å². The van der Waals surface area contributed by atoms with Crippen LogP contribution in [0.5, 0.6) is 0 Å². The minimum absolute atomic E-state index is 0.0300. The van der Waals surface area contributed by atoms with Crippen LogP contribution in [-0.2, 0) is 23.8 Å². The van der Waals surface area contributed by atoms with Crippen LogP contribution in [0.15, 0.2) is 34.4 Å². The third-order valence-electron chi connectivity index (χ3n) is 3.07. The zero-order valence-electron chi connectivity index (χ0n) is 12.0. The molecule has 22 heavy (non-hydrogen) atoms. The first-order valence-corrected chi connectivity index (χ1v) is 7.06. The Hall–Kier alpha value is -1.70. The average Bonchev–Trinajstić information content (AvgIpc) is 2.53. The van der Waals surface area contributed by atoms with Gasteiger partial charge in [0, 0.05) is 4.90 Å². The van der Waals surface area contributed by atoms with Crippen LogP contribution in [0.1, 0.15) is 0 Å². The van der Waals surface area contributed by atoms with Gasteiger partial charge in [0.1, 0.15) is 12.4 Å². The Morgan fingerprint density at radius 3 is 2.55 bits per heavy atom. The van der Waals surface area contributed by atoms with Crippen molar-refractivity contribution < 1.29 is 23.8 Å². The molecule has 0 amide bonds. The number of ether oxygens (including phenoxy) is 3. The molecule has 0 spiro atoms. The third-order valence-corrected chi connectivity index (χ3v) is 3.73. The van der Waals surface area contributed by atoms with Crippen molar-refractivity contribution in [2.75, 3.05) is 32.5 Å². The number of benzene rings is 1. The fraction of sp³-hybridized carbons (Fsp3) is 0.286. The van der Waals surface area contributed by atoms with Gasteiger partial charge in [0.05, 0.1) is 37.1 Å². The zero-order valence-corrected chi connectivity index (χ0v) is 13.6. The summed E-state index contributed by atoms with van der Waals surface area (Å²) in [6.07, 6.45) is 0. The molecule has 0 aliphatic carbocycles. The maximum absolute atomic E-state index is 12.2. The van der Waals surface area contributed by atoms with Crippen LogP contribution in [-0.4, -0.2) is 39.5 Å². The molecule has 1 aromatic carbocycles. The molecule has 1 aromatic rings. The Kier molecular flexibility index (Phi) is 5.33. The molecule has 0 saturated heterocycles. The molecule has 2 rings (SSSR count). The van der Waals surface area contributed by atoms with E-state index in [1.54, 1.807) is 18.2 Å². The summed E-state index contributed by atoms with van der Waals surface area (Å²) in [4.78, 5) is 26.0. The molecule has 0 N–H and O–H groups in total. The number of carbonyl (C=O) groups is 2. The smallest absolute Gasteiger partial charge is 0.355 e.